The Hall–Kier alpha value is -2.58. The molecule has 3 rings (SSSR count). The van der Waals surface area contributed by atoms with Gasteiger partial charge in [0.25, 0.3) is 5.91 Å². The van der Waals surface area contributed by atoms with Crippen LogP contribution in [0.2, 0.25) is 5.02 Å². The van der Waals surface area contributed by atoms with E-state index in [1.54, 1.807) is 18.2 Å². The number of carbonyl (C=O) groups is 2. The number of nitrogens with two attached hydrogens (primary N) is 1. The smallest absolute Gasteiger partial charge is 0.257 e. The summed E-state index contributed by atoms with van der Waals surface area (Å²) in [6, 6.07) is 10.7. The fourth-order valence-corrected chi connectivity index (χ4v) is 4.73. The fraction of sp³-hybridized carbons (Fsp3) is 0.222. The van der Waals surface area contributed by atoms with Crippen LogP contribution in [0.1, 0.15) is 33.6 Å². The predicted octanol–water partition coefficient (Wildman–Crippen LogP) is 2.62. The molecule has 0 unspecified atom stereocenters. The summed E-state index contributed by atoms with van der Waals surface area (Å²) in [4.78, 5) is 23.5. The minimum absolute atomic E-state index is 0.105. The Labute approximate surface area is 162 Å². The Balaban J connectivity index is 1.79. The van der Waals surface area contributed by atoms with Gasteiger partial charge in [0.1, 0.15) is 0 Å². The van der Waals surface area contributed by atoms with Crippen molar-refractivity contribution in [1.29, 1.82) is 0 Å². The molecule has 3 N–H and O–H groups in total. The Kier molecular flexibility index (Phi) is 5.38. The molecular formula is C18H18ClN3O4S. The third-order valence-corrected chi connectivity index (χ3v) is 6.44. The lowest BCUT2D eigenvalue weighted by atomic mass is 10.1. The highest BCUT2D eigenvalue weighted by Gasteiger charge is 2.26. The molecule has 2 aromatic carbocycles. The molecule has 0 radical (unpaired) electrons. The van der Waals surface area contributed by atoms with Crippen LogP contribution in [0.3, 0.4) is 0 Å². The van der Waals surface area contributed by atoms with E-state index in [1.807, 2.05) is 0 Å². The number of hydrogen-bond acceptors (Lipinski definition) is 4. The van der Waals surface area contributed by atoms with E-state index >= 15 is 0 Å². The maximum absolute atomic E-state index is 12.4. The van der Waals surface area contributed by atoms with Crippen molar-refractivity contribution in [1.82, 2.24) is 0 Å². The van der Waals surface area contributed by atoms with Gasteiger partial charge >= 0.3 is 0 Å². The number of primary amides is 1. The molecule has 0 aliphatic carbocycles. The number of anilines is 2. The van der Waals surface area contributed by atoms with Gasteiger partial charge in [-0.15, -0.1) is 0 Å². The number of nitrogens with one attached hydrogen (secondary N) is 1. The first kappa shape index (κ1) is 19.2. The lowest BCUT2D eigenvalue weighted by molar-refractivity contribution is 0.0998. The van der Waals surface area contributed by atoms with Crippen LogP contribution >= 0.6 is 11.6 Å². The summed E-state index contributed by atoms with van der Waals surface area (Å²) in [6.45, 7) is 0.399. The van der Waals surface area contributed by atoms with E-state index in [4.69, 9.17) is 17.3 Å². The molecular weight excluding hydrogens is 390 g/mol. The Bertz CT molecular complexity index is 990. The SMILES string of the molecule is NC(=O)c1ccc(NC(=O)c2ccc(N3CCCCS3(=O)=O)cc2Cl)cc1. The summed E-state index contributed by atoms with van der Waals surface area (Å²) in [6.07, 6.45) is 1.42. The van der Waals surface area contributed by atoms with E-state index < -0.39 is 21.8 Å². The quantitative estimate of drug-likeness (QED) is 0.811. The normalized spacial score (nSPS) is 16.0. The van der Waals surface area contributed by atoms with Gasteiger partial charge in [0.15, 0.2) is 0 Å². The number of nitrogens with zero attached hydrogens (tertiary/aromatic N) is 1. The molecule has 2 amide bonds. The van der Waals surface area contributed by atoms with Crippen LogP contribution in [-0.2, 0) is 10.0 Å². The largest absolute Gasteiger partial charge is 0.366 e. The first-order valence-corrected chi connectivity index (χ1v) is 10.3. The number of carbonyl (C=O) groups excluding carboxylic acids is 2. The molecule has 142 valence electrons. The van der Waals surface area contributed by atoms with E-state index in [0.29, 0.717) is 29.9 Å². The minimum Gasteiger partial charge on any atom is -0.366 e. The second-order valence-corrected chi connectivity index (χ2v) is 8.58. The summed E-state index contributed by atoms with van der Waals surface area (Å²) in [5, 5.41) is 2.83. The van der Waals surface area contributed by atoms with Crippen LogP contribution in [0.5, 0.6) is 0 Å². The van der Waals surface area contributed by atoms with Gasteiger partial charge in [0.2, 0.25) is 15.9 Å². The van der Waals surface area contributed by atoms with Crippen molar-refractivity contribution in [2.24, 2.45) is 5.73 Å². The van der Waals surface area contributed by atoms with Crippen molar-refractivity contribution in [2.45, 2.75) is 12.8 Å². The van der Waals surface area contributed by atoms with E-state index in [0.717, 1.165) is 6.42 Å². The number of benzene rings is 2. The highest BCUT2D eigenvalue weighted by Crippen LogP contribution is 2.28. The van der Waals surface area contributed by atoms with Crippen molar-refractivity contribution < 1.29 is 18.0 Å². The standard InChI is InChI=1S/C18H18ClN3O4S/c19-16-11-14(22-9-1-2-10-27(22,25)26)7-8-15(16)18(24)21-13-5-3-12(4-6-13)17(20)23/h3-8,11H,1-2,9-10H2,(H2,20,23)(H,21,24). The summed E-state index contributed by atoms with van der Waals surface area (Å²) in [5.74, 6) is -0.896. The molecule has 2 aromatic rings. The third-order valence-electron chi connectivity index (χ3n) is 4.26. The third kappa shape index (κ3) is 4.23. The first-order valence-electron chi connectivity index (χ1n) is 8.29. The molecule has 0 spiro atoms. The fourth-order valence-electron chi connectivity index (χ4n) is 2.84. The molecule has 0 aromatic heterocycles. The number of halogens is 1. The number of amides is 2. The molecule has 0 atom stereocenters. The Morgan fingerprint density at radius 3 is 2.37 bits per heavy atom. The van der Waals surface area contributed by atoms with Crippen molar-refractivity contribution in [3.05, 3.63) is 58.6 Å². The molecule has 7 nitrogen and oxygen atoms in total. The van der Waals surface area contributed by atoms with Crippen molar-refractivity contribution in [3.8, 4) is 0 Å². The summed E-state index contributed by atoms with van der Waals surface area (Å²) in [7, 11) is -3.35. The molecule has 0 bridgehead atoms. The molecule has 1 fully saturated rings. The number of rotatable bonds is 4. The highest BCUT2D eigenvalue weighted by molar-refractivity contribution is 7.92. The number of hydrogen-bond donors (Lipinski definition) is 2. The topological polar surface area (TPSA) is 110 Å². The zero-order valence-electron chi connectivity index (χ0n) is 14.3. The average molecular weight is 408 g/mol. The second kappa shape index (κ2) is 7.58. The molecule has 27 heavy (non-hydrogen) atoms. The van der Waals surface area contributed by atoms with Gasteiger partial charge in [-0.3, -0.25) is 13.9 Å². The molecule has 0 saturated carbocycles. The van der Waals surface area contributed by atoms with Crippen LogP contribution in [0, 0.1) is 0 Å². The average Bonchev–Trinajstić information content (AvgIpc) is 2.61. The van der Waals surface area contributed by atoms with Gasteiger partial charge in [-0.1, -0.05) is 11.6 Å². The van der Waals surface area contributed by atoms with E-state index in [2.05, 4.69) is 5.32 Å². The van der Waals surface area contributed by atoms with Crippen LogP contribution in [0.15, 0.2) is 42.5 Å². The maximum atomic E-state index is 12.4. The molecule has 1 aliphatic rings. The maximum Gasteiger partial charge on any atom is 0.257 e. The zero-order valence-corrected chi connectivity index (χ0v) is 15.9. The molecule has 1 aliphatic heterocycles. The van der Waals surface area contributed by atoms with E-state index in [1.165, 1.54) is 28.6 Å². The second-order valence-electron chi connectivity index (χ2n) is 6.16. The van der Waals surface area contributed by atoms with Crippen LogP contribution in [-0.4, -0.2) is 32.5 Å². The molecule has 1 heterocycles. The van der Waals surface area contributed by atoms with Gasteiger partial charge in [0, 0.05) is 17.8 Å². The summed E-state index contributed by atoms with van der Waals surface area (Å²) in [5.41, 5.74) is 6.65. The van der Waals surface area contributed by atoms with E-state index in [-0.39, 0.29) is 16.3 Å². The monoisotopic (exact) mass is 407 g/mol. The van der Waals surface area contributed by atoms with Gasteiger partial charge in [0.05, 0.1) is 22.0 Å². The molecule has 9 heteroatoms. The van der Waals surface area contributed by atoms with Crippen LogP contribution in [0.25, 0.3) is 0 Å². The van der Waals surface area contributed by atoms with Crippen molar-refractivity contribution in [3.63, 3.8) is 0 Å². The van der Waals surface area contributed by atoms with Gasteiger partial charge in [-0.2, -0.15) is 0 Å². The Morgan fingerprint density at radius 1 is 1.07 bits per heavy atom. The first-order chi connectivity index (χ1) is 12.8. The number of sulfonamides is 1. The zero-order chi connectivity index (χ0) is 19.6. The summed E-state index contributed by atoms with van der Waals surface area (Å²) < 4.78 is 25.7. The predicted molar refractivity (Wildman–Crippen MR) is 105 cm³/mol. The van der Waals surface area contributed by atoms with Gasteiger partial charge in [-0.05, 0) is 55.3 Å². The van der Waals surface area contributed by atoms with Gasteiger partial charge < -0.3 is 11.1 Å². The lowest BCUT2D eigenvalue weighted by Crippen LogP contribution is -2.37. The summed E-state index contributed by atoms with van der Waals surface area (Å²) >= 11 is 6.23. The van der Waals surface area contributed by atoms with Gasteiger partial charge in [-0.25, -0.2) is 8.42 Å². The lowest BCUT2D eigenvalue weighted by Gasteiger charge is -2.28. The highest BCUT2D eigenvalue weighted by atomic mass is 35.5. The minimum atomic E-state index is -3.35. The van der Waals surface area contributed by atoms with E-state index in [9.17, 15) is 18.0 Å². The van der Waals surface area contributed by atoms with Crippen LogP contribution in [0.4, 0.5) is 11.4 Å². The molecule has 1 saturated heterocycles. The van der Waals surface area contributed by atoms with Crippen molar-refractivity contribution in [2.75, 3.05) is 21.9 Å². The van der Waals surface area contributed by atoms with Crippen LogP contribution < -0.4 is 15.4 Å². The van der Waals surface area contributed by atoms with Crippen molar-refractivity contribution >= 4 is 44.8 Å². The Morgan fingerprint density at radius 2 is 1.78 bits per heavy atom.